The van der Waals surface area contributed by atoms with Crippen LogP contribution in [0.3, 0.4) is 0 Å². The van der Waals surface area contributed by atoms with Crippen molar-refractivity contribution in [3.8, 4) is 11.8 Å². The molecule has 8 heavy (non-hydrogen) atoms. The van der Waals surface area contributed by atoms with Crippen molar-refractivity contribution in [3.63, 3.8) is 0 Å². The zero-order valence-corrected chi connectivity index (χ0v) is 5.19. The third-order valence-corrected chi connectivity index (χ3v) is 0.650. The van der Waals surface area contributed by atoms with Gasteiger partial charge in [0, 0.05) is 6.42 Å². The third kappa shape index (κ3) is 5.23. The molecule has 0 bridgehead atoms. The van der Waals surface area contributed by atoms with Gasteiger partial charge in [-0.05, 0) is 11.8 Å². The van der Waals surface area contributed by atoms with E-state index < -0.39 is 0 Å². The fraction of sp³-hybridized carbons (Fsp3) is 0.571. The Morgan fingerprint density at radius 1 is 1.50 bits per heavy atom. The number of hydrogen-bond donors (Lipinski definition) is 0. The van der Waals surface area contributed by atoms with Crippen molar-refractivity contribution in [2.24, 2.45) is 5.92 Å². The van der Waals surface area contributed by atoms with Gasteiger partial charge >= 0.3 is 0 Å². The molecule has 0 aliphatic rings. The largest absolute Gasteiger partial charge is 0.284 e. The summed E-state index contributed by atoms with van der Waals surface area (Å²) >= 11 is 0. The summed E-state index contributed by atoms with van der Waals surface area (Å²) in [5.41, 5.74) is 0. The zero-order valence-electron chi connectivity index (χ0n) is 5.19. The first-order chi connectivity index (χ1) is 3.77. The van der Waals surface area contributed by atoms with Crippen LogP contribution < -0.4 is 0 Å². The maximum Gasteiger partial charge on any atom is 0.284 e. The standard InChI is InChI=1S/C7H9O/c1-7(2)5-3-4-6-8/h7H,5H2,1-2H3. The van der Waals surface area contributed by atoms with E-state index in [-0.39, 0.29) is 0 Å². The molecule has 0 aliphatic heterocycles. The van der Waals surface area contributed by atoms with Crippen LogP contribution in [0, 0.1) is 17.8 Å². The van der Waals surface area contributed by atoms with E-state index >= 15 is 0 Å². The molecule has 1 radical (unpaired) electrons. The average Bonchev–Trinajstić information content (AvgIpc) is 1.66. The Labute approximate surface area is 50.1 Å². The fourth-order valence-corrected chi connectivity index (χ4v) is 0.291. The topological polar surface area (TPSA) is 17.1 Å². The van der Waals surface area contributed by atoms with Gasteiger partial charge in [0.2, 0.25) is 0 Å². The second-order valence-corrected chi connectivity index (χ2v) is 2.00. The minimum Gasteiger partial charge on any atom is -0.275 e. The van der Waals surface area contributed by atoms with Crippen molar-refractivity contribution in [3.05, 3.63) is 0 Å². The van der Waals surface area contributed by atoms with Crippen LogP contribution in [-0.2, 0) is 4.79 Å². The molecule has 0 saturated carbocycles. The lowest BCUT2D eigenvalue weighted by Gasteiger charge is -1.90. The van der Waals surface area contributed by atoms with Gasteiger partial charge in [0.05, 0.1) is 0 Å². The molecule has 0 N–H and O–H groups in total. The van der Waals surface area contributed by atoms with Gasteiger partial charge in [-0.3, -0.25) is 4.79 Å². The van der Waals surface area contributed by atoms with Gasteiger partial charge in [0.15, 0.2) is 0 Å². The van der Waals surface area contributed by atoms with E-state index in [0.29, 0.717) is 5.92 Å². The normalized spacial score (nSPS) is 7.88. The van der Waals surface area contributed by atoms with Gasteiger partial charge in [0.25, 0.3) is 6.29 Å². The van der Waals surface area contributed by atoms with Crippen LogP contribution in [0.4, 0.5) is 0 Å². The van der Waals surface area contributed by atoms with Crippen molar-refractivity contribution < 1.29 is 4.79 Å². The molecule has 0 aromatic carbocycles. The van der Waals surface area contributed by atoms with Crippen molar-refractivity contribution in [1.82, 2.24) is 0 Å². The zero-order chi connectivity index (χ0) is 6.41. The molecule has 0 unspecified atom stereocenters. The predicted octanol–water partition coefficient (Wildman–Crippen LogP) is 1.15. The highest BCUT2D eigenvalue weighted by atomic mass is 16.1. The summed E-state index contributed by atoms with van der Waals surface area (Å²) in [6.07, 6.45) is 2.30. The summed E-state index contributed by atoms with van der Waals surface area (Å²) in [6.45, 7) is 4.11. The summed E-state index contributed by atoms with van der Waals surface area (Å²) in [6, 6.07) is 0. The molecule has 0 aromatic heterocycles. The van der Waals surface area contributed by atoms with Crippen LogP contribution in [0.25, 0.3) is 0 Å². The number of rotatable bonds is 1. The smallest absolute Gasteiger partial charge is 0.275 e. The molecule has 0 heterocycles. The van der Waals surface area contributed by atoms with Crippen LogP contribution in [0.5, 0.6) is 0 Å². The highest BCUT2D eigenvalue weighted by Gasteiger charge is 1.84. The van der Waals surface area contributed by atoms with Crippen molar-refractivity contribution >= 4 is 6.29 Å². The fourth-order valence-electron chi connectivity index (χ4n) is 0.291. The van der Waals surface area contributed by atoms with Crippen LogP contribution in [0.15, 0.2) is 0 Å². The van der Waals surface area contributed by atoms with Gasteiger partial charge in [-0.1, -0.05) is 19.8 Å². The first kappa shape index (κ1) is 7.23. The predicted molar refractivity (Wildman–Crippen MR) is 32.9 cm³/mol. The lowest BCUT2D eigenvalue weighted by atomic mass is 10.1. The molecule has 0 fully saturated rings. The summed E-state index contributed by atoms with van der Waals surface area (Å²) < 4.78 is 0. The van der Waals surface area contributed by atoms with E-state index in [2.05, 4.69) is 25.7 Å². The molecule has 0 amide bonds. The molecule has 0 saturated heterocycles. The van der Waals surface area contributed by atoms with Crippen molar-refractivity contribution in [1.29, 1.82) is 0 Å². The van der Waals surface area contributed by atoms with Crippen molar-refractivity contribution in [2.75, 3.05) is 0 Å². The highest BCUT2D eigenvalue weighted by molar-refractivity contribution is 5.73. The summed E-state index contributed by atoms with van der Waals surface area (Å²) in [4.78, 5) is 9.49. The molecular formula is C7H9O. The molecule has 0 rings (SSSR count). The van der Waals surface area contributed by atoms with E-state index in [9.17, 15) is 4.79 Å². The first-order valence-electron chi connectivity index (χ1n) is 2.62. The monoisotopic (exact) mass is 109 g/mol. The summed E-state index contributed by atoms with van der Waals surface area (Å²) in [5, 5.41) is 0. The summed E-state index contributed by atoms with van der Waals surface area (Å²) in [7, 11) is 0. The van der Waals surface area contributed by atoms with Gasteiger partial charge in [-0.25, -0.2) is 0 Å². The van der Waals surface area contributed by atoms with Crippen LogP contribution in [-0.4, -0.2) is 6.29 Å². The number of carbonyl (C=O) groups excluding carboxylic acids is 1. The van der Waals surface area contributed by atoms with Crippen molar-refractivity contribution in [2.45, 2.75) is 20.3 Å². The molecule has 43 valence electrons. The Morgan fingerprint density at radius 3 is 2.50 bits per heavy atom. The first-order valence-corrected chi connectivity index (χ1v) is 2.62. The van der Waals surface area contributed by atoms with Gasteiger partial charge in [-0.15, -0.1) is 0 Å². The lowest BCUT2D eigenvalue weighted by Crippen LogP contribution is -1.81. The Balaban J connectivity index is 3.28. The molecule has 0 aliphatic carbocycles. The van der Waals surface area contributed by atoms with E-state index in [1.165, 1.54) is 6.29 Å². The van der Waals surface area contributed by atoms with Crippen LogP contribution in [0.1, 0.15) is 20.3 Å². The van der Waals surface area contributed by atoms with E-state index in [4.69, 9.17) is 0 Å². The van der Waals surface area contributed by atoms with Crippen LogP contribution in [0.2, 0.25) is 0 Å². The molecular weight excluding hydrogens is 100 g/mol. The van der Waals surface area contributed by atoms with Gasteiger partial charge in [0.1, 0.15) is 0 Å². The minimum atomic E-state index is 0.552. The van der Waals surface area contributed by atoms with Gasteiger partial charge < -0.3 is 0 Å². The summed E-state index contributed by atoms with van der Waals surface area (Å²) in [5.74, 6) is 5.44. The Kier molecular flexibility index (Phi) is 3.97. The van der Waals surface area contributed by atoms with E-state index in [1.54, 1.807) is 0 Å². The highest BCUT2D eigenvalue weighted by Crippen LogP contribution is 1.94. The molecule has 0 aromatic rings. The van der Waals surface area contributed by atoms with Gasteiger partial charge in [-0.2, -0.15) is 0 Å². The Morgan fingerprint density at radius 2 is 2.12 bits per heavy atom. The van der Waals surface area contributed by atoms with Crippen LogP contribution >= 0.6 is 0 Å². The molecule has 1 nitrogen and oxygen atoms in total. The molecule has 1 heteroatoms. The maximum atomic E-state index is 9.49. The quantitative estimate of drug-likeness (QED) is 0.461. The number of hydrogen-bond acceptors (Lipinski definition) is 1. The second-order valence-electron chi connectivity index (χ2n) is 2.00. The maximum absolute atomic E-state index is 9.49. The van der Waals surface area contributed by atoms with E-state index in [1.807, 2.05) is 0 Å². The second kappa shape index (κ2) is 4.39. The lowest BCUT2D eigenvalue weighted by molar-refractivity contribution is 0.565. The Bertz CT molecular complexity index is 114. The molecule has 0 spiro atoms. The SMILES string of the molecule is CC(C)CC#C[C]=O. The minimum absolute atomic E-state index is 0.552. The third-order valence-electron chi connectivity index (χ3n) is 0.650. The molecule has 0 atom stereocenters. The Hall–Kier alpha value is -0.770. The average molecular weight is 109 g/mol. The van der Waals surface area contributed by atoms with E-state index in [0.717, 1.165) is 6.42 Å².